The van der Waals surface area contributed by atoms with Gasteiger partial charge in [-0.15, -0.1) is 0 Å². The minimum Gasteiger partial charge on any atom is -0.383 e. The van der Waals surface area contributed by atoms with E-state index in [1.165, 1.54) is 19.3 Å². The molecule has 0 saturated heterocycles. The van der Waals surface area contributed by atoms with Crippen molar-refractivity contribution in [2.45, 2.75) is 24.0 Å². The number of thioether (sulfide) groups is 1. The Labute approximate surface area is 103 Å². The minimum atomic E-state index is 0.475. The van der Waals surface area contributed by atoms with Crippen molar-refractivity contribution in [3.05, 3.63) is 22.9 Å². The van der Waals surface area contributed by atoms with Crippen LogP contribution in [0, 0.1) is 0 Å². The summed E-state index contributed by atoms with van der Waals surface area (Å²) in [5.41, 5.74) is 1.14. The third-order valence-electron chi connectivity index (χ3n) is 3.07. The van der Waals surface area contributed by atoms with Crippen LogP contribution < -0.4 is 5.32 Å². The molecule has 1 aromatic rings. The Bertz CT molecular complexity index is 334. The zero-order valence-corrected chi connectivity index (χ0v) is 11.2. The third-order valence-corrected chi connectivity index (χ3v) is 5.12. The summed E-state index contributed by atoms with van der Waals surface area (Å²) in [5, 5.41) is 3.50. The molecule has 0 spiro atoms. The number of aromatic nitrogens is 1. The Hall–Kier alpha value is -0.220. The van der Waals surface area contributed by atoms with Gasteiger partial charge in [-0.2, -0.15) is 11.8 Å². The van der Waals surface area contributed by atoms with Crippen LogP contribution in [-0.2, 0) is 0 Å². The summed E-state index contributed by atoms with van der Waals surface area (Å²) < 4.78 is 1.52. The van der Waals surface area contributed by atoms with Gasteiger partial charge in [-0.05, 0) is 41.1 Å². The van der Waals surface area contributed by atoms with E-state index in [4.69, 9.17) is 0 Å². The molecule has 0 amide bonds. The maximum Gasteiger partial charge on any atom is 0.0590 e. The zero-order valence-electron chi connectivity index (χ0n) is 8.79. The molecular weight excluding hydrogens is 272 g/mol. The van der Waals surface area contributed by atoms with Crippen molar-refractivity contribution in [1.29, 1.82) is 0 Å². The van der Waals surface area contributed by atoms with Crippen LogP contribution in [0.1, 0.15) is 19.3 Å². The molecule has 1 fully saturated rings. The molecule has 2 rings (SSSR count). The number of hydrogen-bond acceptors (Lipinski definition) is 3. The summed E-state index contributed by atoms with van der Waals surface area (Å²) in [5.74, 6) is 0. The minimum absolute atomic E-state index is 0.475. The summed E-state index contributed by atoms with van der Waals surface area (Å²) >= 11 is 5.48. The molecule has 1 aromatic heterocycles. The van der Waals surface area contributed by atoms with Crippen LogP contribution in [0.15, 0.2) is 22.9 Å². The quantitative estimate of drug-likeness (QED) is 0.916. The van der Waals surface area contributed by atoms with Gasteiger partial charge in [0.1, 0.15) is 0 Å². The fourth-order valence-electron chi connectivity index (χ4n) is 1.80. The van der Waals surface area contributed by atoms with Gasteiger partial charge in [0.2, 0.25) is 0 Å². The van der Waals surface area contributed by atoms with Crippen molar-refractivity contribution >= 4 is 33.4 Å². The average Bonchev–Trinajstić information content (AvgIpc) is 2.19. The maximum absolute atomic E-state index is 4.05. The van der Waals surface area contributed by atoms with Crippen LogP contribution in [0.25, 0.3) is 0 Å². The fraction of sp³-hybridized carbons (Fsp3) is 0.545. The van der Waals surface area contributed by atoms with E-state index in [0.29, 0.717) is 4.75 Å². The van der Waals surface area contributed by atoms with Gasteiger partial charge in [0.15, 0.2) is 0 Å². The van der Waals surface area contributed by atoms with Gasteiger partial charge < -0.3 is 5.32 Å². The molecule has 0 bridgehead atoms. The number of halogens is 1. The number of rotatable bonds is 4. The number of anilines is 1. The standard InChI is InChI=1S/C11H15BrN2S/c1-15-11(4-2-5-11)8-14-10-3-6-13-7-9(10)12/h3,6-7H,2,4-5,8H2,1H3,(H,13,14). The van der Waals surface area contributed by atoms with E-state index in [-0.39, 0.29) is 0 Å². The smallest absolute Gasteiger partial charge is 0.0590 e. The van der Waals surface area contributed by atoms with E-state index in [0.717, 1.165) is 16.7 Å². The molecule has 1 saturated carbocycles. The van der Waals surface area contributed by atoms with Crippen molar-refractivity contribution < 1.29 is 0 Å². The second-order valence-corrected chi connectivity index (χ2v) is 6.08. The van der Waals surface area contributed by atoms with Crippen molar-refractivity contribution in [2.75, 3.05) is 18.1 Å². The van der Waals surface area contributed by atoms with E-state index >= 15 is 0 Å². The number of pyridine rings is 1. The first kappa shape index (κ1) is 11.3. The van der Waals surface area contributed by atoms with Gasteiger partial charge in [-0.25, -0.2) is 0 Å². The molecule has 1 aliphatic carbocycles. The molecule has 2 nitrogen and oxygen atoms in total. The van der Waals surface area contributed by atoms with Crippen LogP contribution in [-0.4, -0.2) is 22.5 Å². The van der Waals surface area contributed by atoms with E-state index in [2.05, 4.69) is 32.5 Å². The molecule has 1 N–H and O–H groups in total. The highest BCUT2D eigenvalue weighted by Gasteiger charge is 2.35. The highest BCUT2D eigenvalue weighted by molar-refractivity contribution is 9.10. The zero-order chi connectivity index (χ0) is 10.7. The number of nitrogens with one attached hydrogen (secondary N) is 1. The topological polar surface area (TPSA) is 24.9 Å². The first-order valence-electron chi connectivity index (χ1n) is 5.14. The molecule has 1 heterocycles. The van der Waals surface area contributed by atoms with Gasteiger partial charge in [0.05, 0.1) is 10.2 Å². The van der Waals surface area contributed by atoms with Gasteiger partial charge in [-0.3, -0.25) is 4.98 Å². The Morgan fingerprint density at radius 3 is 2.93 bits per heavy atom. The molecule has 82 valence electrons. The van der Waals surface area contributed by atoms with Crippen LogP contribution >= 0.6 is 27.7 Å². The first-order valence-corrected chi connectivity index (χ1v) is 7.16. The molecular formula is C11H15BrN2S. The third kappa shape index (κ3) is 2.48. The lowest BCUT2D eigenvalue weighted by Gasteiger charge is -2.40. The molecule has 0 atom stereocenters. The van der Waals surface area contributed by atoms with Crippen LogP contribution in [0.4, 0.5) is 5.69 Å². The highest BCUT2D eigenvalue weighted by atomic mass is 79.9. The van der Waals surface area contributed by atoms with Gasteiger partial charge in [0.25, 0.3) is 0 Å². The van der Waals surface area contributed by atoms with Gasteiger partial charge in [-0.1, -0.05) is 6.42 Å². The molecule has 15 heavy (non-hydrogen) atoms. The second-order valence-electron chi connectivity index (χ2n) is 3.95. The summed E-state index contributed by atoms with van der Waals surface area (Å²) in [6.45, 7) is 1.05. The Balaban J connectivity index is 1.95. The van der Waals surface area contributed by atoms with Crippen molar-refractivity contribution in [1.82, 2.24) is 4.98 Å². The largest absolute Gasteiger partial charge is 0.383 e. The van der Waals surface area contributed by atoms with E-state index in [9.17, 15) is 0 Å². The Morgan fingerprint density at radius 2 is 2.40 bits per heavy atom. The van der Waals surface area contributed by atoms with Crippen LogP contribution in [0.5, 0.6) is 0 Å². The summed E-state index contributed by atoms with van der Waals surface area (Å²) in [6, 6.07) is 2.01. The molecule has 1 aliphatic rings. The SMILES string of the molecule is CSC1(CNc2ccncc2Br)CCC1. The summed E-state index contributed by atoms with van der Waals surface area (Å²) in [6.07, 6.45) is 9.91. The Morgan fingerprint density at radius 1 is 1.60 bits per heavy atom. The Kier molecular flexibility index (Phi) is 3.57. The summed E-state index contributed by atoms with van der Waals surface area (Å²) in [4.78, 5) is 4.05. The molecule has 0 unspecified atom stereocenters. The predicted molar refractivity (Wildman–Crippen MR) is 70.5 cm³/mol. The van der Waals surface area contributed by atoms with E-state index in [1.54, 1.807) is 0 Å². The van der Waals surface area contributed by atoms with E-state index < -0.39 is 0 Å². The van der Waals surface area contributed by atoms with Crippen molar-refractivity contribution in [3.8, 4) is 0 Å². The average molecular weight is 287 g/mol. The lowest BCUT2D eigenvalue weighted by atomic mass is 9.84. The second kappa shape index (κ2) is 4.74. The van der Waals surface area contributed by atoms with Crippen molar-refractivity contribution in [2.24, 2.45) is 0 Å². The highest BCUT2D eigenvalue weighted by Crippen LogP contribution is 2.42. The lowest BCUT2D eigenvalue weighted by molar-refractivity contribution is 0.380. The number of nitrogens with zero attached hydrogens (tertiary/aromatic N) is 1. The van der Waals surface area contributed by atoms with E-state index in [1.807, 2.05) is 30.2 Å². The number of hydrogen-bond donors (Lipinski definition) is 1. The van der Waals surface area contributed by atoms with Gasteiger partial charge >= 0.3 is 0 Å². The monoisotopic (exact) mass is 286 g/mol. The predicted octanol–water partition coefficient (Wildman–Crippen LogP) is 3.54. The van der Waals surface area contributed by atoms with Gasteiger partial charge in [0, 0.05) is 23.7 Å². The fourth-order valence-corrected chi connectivity index (χ4v) is 3.10. The normalized spacial score (nSPS) is 18.3. The van der Waals surface area contributed by atoms with Crippen LogP contribution in [0.2, 0.25) is 0 Å². The molecule has 0 radical (unpaired) electrons. The first-order chi connectivity index (χ1) is 7.26. The molecule has 0 aromatic carbocycles. The van der Waals surface area contributed by atoms with Crippen LogP contribution in [0.3, 0.4) is 0 Å². The van der Waals surface area contributed by atoms with Crippen molar-refractivity contribution in [3.63, 3.8) is 0 Å². The molecule has 0 aliphatic heterocycles. The molecule has 4 heteroatoms. The maximum atomic E-state index is 4.05. The lowest BCUT2D eigenvalue weighted by Crippen LogP contribution is -2.40. The summed E-state index contributed by atoms with van der Waals surface area (Å²) in [7, 11) is 0.